The Bertz CT molecular complexity index is 992. The second-order valence-corrected chi connectivity index (χ2v) is 7.65. The summed E-state index contributed by atoms with van der Waals surface area (Å²) in [5, 5.41) is 0. The van der Waals surface area contributed by atoms with E-state index in [-0.39, 0.29) is 0 Å². The minimum atomic E-state index is 0.306. The summed E-state index contributed by atoms with van der Waals surface area (Å²) in [6.45, 7) is 6.53. The number of hydrogen-bond acceptors (Lipinski definition) is 6. The van der Waals surface area contributed by atoms with Crippen LogP contribution in [0.3, 0.4) is 0 Å². The van der Waals surface area contributed by atoms with Gasteiger partial charge in [-0.2, -0.15) is 0 Å². The summed E-state index contributed by atoms with van der Waals surface area (Å²) in [5.74, 6) is 2.69. The smallest absolute Gasteiger partial charge is 0.182 e. The molecule has 2 aliphatic rings. The van der Waals surface area contributed by atoms with Gasteiger partial charge in [0, 0.05) is 50.4 Å². The van der Waals surface area contributed by atoms with Crippen molar-refractivity contribution in [3.05, 3.63) is 41.1 Å². The lowest BCUT2D eigenvalue weighted by Crippen LogP contribution is -2.22. The summed E-state index contributed by atoms with van der Waals surface area (Å²) < 4.78 is 7.76. The van der Waals surface area contributed by atoms with Crippen LogP contribution in [0.2, 0.25) is 0 Å². The molecule has 27 heavy (non-hydrogen) atoms. The van der Waals surface area contributed by atoms with Crippen LogP contribution < -0.4 is 0 Å². The Balaban J connectivity index is 1.63. The molecule has 1 fully saturated rings. The van der Waals surface area contributed by atoms with E-state index >= 15 is 0 Å². The van der Waals surface area contributed by atoms with Crippen LogP contribution in [0, 0.1) is 13.8 Å². The van der Waals surface area contributed by atoms with Gasteiger partial charge in [-0.1, -0.05) is 0 Å². The topological polar surface area (TPSA) is 78.6 Å². The van der Waals surface area contributed by atoms with Crippen LogP contribution in [-0.2, 0) is 17.7 Å². The van der Waals surface area contributed by atoms with Crippen LogP contribution in [0.5, 0.6) is 0 Å². The standard InChI is InChI=1S/C20H24N6O/c1-12-13(2)23-20-18(22-12)17(15-3-7-26-8-6-21-16(26)11-15)24-19(25-20)14-4-9-27-10-5-14/h6,8,14-15H,3-5,7,9-11H2,1-2H3. The van der Waals surface area contributed by atoms with Crippen LogP contribution in [0.15, 0.2) is 12.4 Å². The van der Waals surface area contributed by atoms with E-state index in [0.29, 0.717) is 11.8 Å². The molecule has 0 spiro atoms. The van der Waals surface area contributed by atoms with Crippen molar-refractivity contribution < 1.29 is 4.74 Å². The second-order valence-electron chi connectivity index (χ2n) is 7.65. The molecule has 0 aliphatic carbocycles. The number of rotatable bonds is 2. The van der Waals surface area contributed by atoms with E-state index in [2.05, 4.69) is 15.7 Å². The summed E-state index contributed by atoms with van der Waals surface area (Å²) in [4.78, 5) is 24.0. The summed E-state index contributed by atoms with van der Waals surface area (Å²) in [5.41, 5.74) is 4.52. The SMILES string of the molecule is Cc1nc2nc(C3CCOCC3)nc(C3CCn4ccnc4C3)c2nc1C. The minimum absolute atomic E-state index is 0.306. The second kappa shape index (κ2) is 6.64. The first-order valence-electron chi connectivity index (χ1n) is 9.79. The zero-order valence-electron chi connectivity index (χ0n) is 15.9. The number of ether oxygens (including phenoxy) is 1. The van der Waals surface area contributed by atoms with E-state index in [1.165, 1.54) is 0 Å². The molecule has 5 heterocycles. The first-order valence-corrected chi connectivity index (χ1v) is 9.79. The Morgan fingerprint density at radius 2 is 1.78 bits per heavy atom. The molecule has 5 rings (SSSR count). The fourth-order valence-electron chi connectivity index (χ4n) is 4.16. The van der Waals surface area contributed by atoms with E-state index in [4.69, 9.17) is 24.7 Å². The molecule has 1 saturated heterocycles. The van der Waals surface area contributed by atoms with Crippen molar-refractivity contribution in [1.82, 2.24) is 29.5 Å². The van der Waals surface area contributed by atoms with Gasteiger partial charge in [-0.15, -0.1) is 0 Å². The van der Waals surface area contributed by atoms with E-state index < -0.39 is 0 Å². The average molecular weight is 364 g/mol. The van der Waals surface area contributed by atoms with Gasteiger partial charge in [-0.25, -0.2) is 24.9 Å². The third kappa shape index (κ3) is 3.00. The number of aromatic nitrogens is 6. The molecule has 140 valence electrons. The Kier molecular flexibility index (Phi) is 4.11. The number of nitrogens with zero attached hydrogens (tertiary/aromatic N) is 6. The van der Waals surface area contributed by atoms with Crippen LogP contribution >= 0.6 is 0 Å². The van der Waals surface area contributed by atoms with Gasteiger partial charge in [0.05, 0.1) is 17.1 Å². The quantitative estimate of drug-likeness (QED) is 0.696. The molecule has 0 radical (unpaired) electrons. The van der Waals surface area contributed by atoms with Crippen molar-refractivity contribution >= 4 is 11.2 Å². The number of hydrogen-bond donors (Lipinski definition) is 0. The molecule has 0 bridgehead atoms. The molecular weight excluding hydrogens is 340 g/mol. The lowest BCUT2D eigenvalue weighted by molar-refractivity contribution is 0.0836. The van der Waals surface area contributed by atoms with E-state index in [9.17, 15) is 0 Å². The molecular formula is C20H24N6O. The largest absolute Gasteiger partial charge is 0.381 e. The van der Waals surface area contributed by atoms with Gasteiger partial charge in [-0.3, -0.25) is 0 Å². The maximum absolute atomic E-state index is 5.53. The van der Waals surface area contributed by atoms with Gasteiger partial charge in [0.15, 0.2) is 5.65 Å². The zero-order chi connectivity index (χ0) is 18.4. The molecule has 1 unspecified atom stereocenters. The highest BCUT2D eigenvalue weighted by molar-refractivity contribution is 5.73. The summed E-state index contributed by atoms with van der Waals surface area (Å²) in [6.07, 6.45) is 7.82. The van der Waals surface area contributed by atoms with E-state index in [1.807, 2.05) is 20.0 Å². The molecule has 3 aromatic rings. The molecule has 2 aliphatic heterocycles. The molecule has 1 atom stereocenters. The number of fused-ring (bicyclic) bond motifs is 2. The minimum Gasteiger partial charge on any atom is -0.381 e. The molecule has 0 amide bonds. The number of aryl methyl sites for hydroxylation is 3. The monoisotopic (exact) mass is 364 g/mol. The fourth-order valence-corrected chi connectivity index (χ4v) is 4.16. The third-order valence-corrected chi connectivity index (χ3v) is 5.91. The molecule has 0 N–H and O–H groups in total. The lowest BCUT2D eigenvalue weighted by Gasteiger charge is -2.26. The first kappa shape index (κ1) is 16.7. The van der Waals surface area contributed by atoms with Crippen LogP contribution in [0.25, 0.3) is 11.2 Å². The Labute approximate surface area is 158 Å². The Morgan fingerprint density at radius 3 is 2.63 bits per heavy atom. The van der Waals surface area contributed by atoms with Crippen LogP contribution in [0.4, 0.5) is 0 Å². The average Bonchev–Trinajstić information content (AvgIpc) is 3.17. The molecule has 0 aromatic carbocycles. The Hall–Kier alpha value is -2.41. The van der Waals surface area contributed by atoms with Gasteiger partial charge in [0.2, 0.25) is 0 Å². The predicted octanol–water partition coefficient (Wildman–Crippen LogP) is 2.86. The van der Waals surface area contributed by atoms with Crippen LogP contribution in [0.1, 0.15) is 59.8 Å². The van der Waals surface area contributed by atoms with Gasteiger partial charge >= 0.3 is 0 Å². The maximum Gasteiger partial charge on any atom is 0.182 e. The predicted molar refractivity (Wildman–Crippen MR) is 101 cm³/mol. The maximum atomic E-state index is 5.53. The van der Waals surface area contributed by atoms with Crippen molar-refractivity contribution in [2.45, 2.75) is 57.9 Å². The zero-order valence-corrected chi connectivity index (χ0v) is 15.9. The summed E-state index contributed by atoms with van der Waals surface area (Å²) in [6, 6.07) is 0. The highest BCUT2D eigenvalue weighted by atomic mass is 16.5. The summed E-state index contributed by atoms with van der Waals surface area (Å²) in [7, 11) is 0. The van der Waals surface area contributed by atoms with Gasteiger partial charge < -0.3 is 9.30 Å². The van der Waals surface area contributed by atoms with Gasteiger partial charge in [0.1, 0.15) is 17.2 Å². The van der Waals surface area contributed by atoms with Crippen molar-refractivity contribution in [2.75, 3.05) is 13.2 Å². The summed E-state index contributed by atoms with van der Waals surface area (Å²) >= 11 is 0. The van der Waals surface area contributed by atoms with Crippen molar-refractivity contribution in [3.8, 4) is 0 Å². The lowest BCUT2D eigenvalue weighted by atomic mass is 9.92. The van der Waals surface area contributed by atoms with Crippen molar-refractivity contribution in [1.29, 1.82) is 0 Å². The highest BCUT2D eigenvalue weighted by Crippen LogP contribution is 2.33. The van der Waals surface area contributed by atoms with Crippen molar-refractivity contribution in [2.24, 2.45) is 0 Å². The first-order chi connectivity index (χ1) is 13.2. The fraction of sp³-hybridized carbons (Fsp3) is 0.550. The van der Waals surface area contributed by atoms with Crippen LogP contribution in [-0.4, -0.2) is 42.7 Å². The van der Waals surface area contributed by atoms with Gasteiger partial charge in [0.25, 0.3) is 0 Å². The molecule has 0 saturated carbocycles. The van der Waals surface area contributed by atoms with E-state index in [1.54, 1.807) is 0 Å². The normalized spacial score (nSPS) is 20.7. The molecule has 7 nitrogen and oxygen atoms in total. The molecule has 3 aromatic heterocycles. The van der Waals surface area contributed by atoms with E-state index in [0.717, 1.165) is 85.3 Å². The Morgan fingerprint density at radius 1 is 0.963 bits per heavy atom. The molecule has 7 heteroatoms. The number of imidazole rings is 1. The van der Waals surface area contributed by atoms with Gasteiger partial charge in [-0.05, 0) is 33.1 Å². The highest BCUT2D eigenvalue weighted by Gasteiger charge is 2.28. The third-order valence-electron chi connectivity index (χ3n) is 5.91. The van der Waals surface area contributed by atoms with Crippen molar-refractivity contribution in [3.63, 3.8) is 0 Å².